The normalized spacial score (nSPS) is 22.1. The average molecular weight is 265 g/mol. The molecule has 0 aromatic heterocycles. The van der Waals surface area contributed by atoms with Gasteiger partial charge in [-0.15, -0.1) is 0 Å². The number of nitrogens with zero attached hydrogens (tertiary/aromatic N) is 2. The first-order valence-corrected chi connectivity index (χ1v) is 8.26. The lowest BCUT2D eigenvalue weighted by atomic mass is 9.68. The van der Waals surface area contributed by atoms with E-state index in [1.165, 1.54) is 51.6 Å². The molecule has 1 saturated heterocycles. The third-order valence-electron chi connectivity index (χ3n) is 5.14. The van der Waals surface area contributed by atoms with Crippen LogP contribution in [0.1, 0.15) is 59.3 Å². The summed E-state index contributed by atoms with van der Waals surface area (Å²) < 4.78 is 0. The molecule has 2 fully saturated rings. The predicted octanol–water partition coefficient (Wildman–Crippen LogP) is 3.26. The topological polar surface area (TPSA) is 27.6 Å². The van der Waals surface area contributed by atoms with Gasteiger partial charge in [0.05, 0.1) is 0 Å². The van der Waals surface area contributed by atoms with Gasteiger partial charge in [-0.25, -0.2) is 0 Å². The summed E-state index contributed by atoms with van der Waals surface area (Å²) in [6, 6.07) is 0. The molecule has 2 rings (SSSR count). The summed E-state index contributed by atoms with van der Waals surface area (Å²) in [6.45, 7) is 11.1. The van der Waals surface area contributed by atoms with Crippen LogP contribution >= 0.6 is 0 Å². The summed E-state index contributed by atoms with van der Waals surface area (Å²) in [6.07, 6.45) is 8.18. The second-order valence-electron chi connectivity index (χ2n) is 6.40. The lowest BCUT2D eigenvalue weighted by molar-refractivity contribution is 0.151. The van der Waals surface area contributed by atoms with Gasteiger partial charge in [0, 0.05) is 26.2 Å². The van der Waals surface area contributed by atoms with Crippen LogP contribution in [0.3, 0.4) is 0 Å². The number of hydrogen-bond donors (Lipinski definition) is 1. The lowest BCUT2D eigenvalue weighted by Gasteiger charge is -2.38. The van der Waals surface area contributed by atoms with E-state index in [0.29, 0.717) is 5.41 Å². The lowest BCUT2D eigenvalue weighted by Crippen LogP contribution is -2.42. The second-order valence-corrected chi connectivity index (χ2v) is 6.40. The second kappa shape index (κ2) is 6.62. The molecule has 0 aromatic carbocycles. The Kier molecular flexibility index (Phi) is 5.12. The van der Waals surface area contributed by atoms with Crippen molar-refractivity contribution in [2.24, 2.45) is 16.3 Å². The molecule has 0 radical (unpaired) electrons. The van der Waals surface area contributed by atoms with Gasteiger partial charge in [0.25, 0.3) is 0 Å². The van der Waals surface area contributed by atoms with Crippen molar-refractivity contribution in [3.05, 3.63) is 0 Å². The minimum Gasteiger partial charge on any atom is -0.357 e. The van der Waals surface area contributed by atoms with E-state index in [4.69, 9.17) is 4.99 Å². The third-order valence-corrected chi connectivity index (χ3v) is 5.14. The van der Waals surface area contributed by atoms with Crippen LogP contribution in [0, 0.1) is 11.3 Å². The van der Waals surface area contributed by atoms with Crippen molar-refractivity contribution in [2.75, 3.05) is 26.2 Å². The Bertz CT molecular complexity index is 303. The van der Waals surface area contributed by atoms with Crippen molar-refractivity contribution in [3.63, 3.8) is 0 Å². The maximum Gasteiger partial charge on any atom is 0.193 e. The number of nitrogens with one attached hydrogen (secondary N) is 1. The van der Waals surface area contributed by atoms with E-state index in [0.717, 1.165) is 25.0 Å². The Labute approximate surface area is 118 Å². The van der Waals surface area contributed by atoms with Crippen LogP contribution in [-0.2, 0) is 0 Å². The number of rotatable bonds is 5. The molecule has 3 heteroatoms. The average Bonchev–Trinajstić information content (AvgIpc) is 2.84. The highest BCUT2D eigenvalue weighted by molar-refractivity contribution is 5.80. The Morgan fingerprint density at radius 2 is 1.95 bits per heavy atom. The minimum atomic E-state index is 0.658. The predicted molar refractivity (Wildman–Crippen MR) is 82.5 cm³/mol. The van der Waals surface area contributed by atoms with Crippen molar-refractivity contribution in [1.29, 1.82) is 0 Å². The first-order chi connectivity index (χ1) is 9.23. The highest BCUT2D eigenvalue weighted by Crippen LogP contribution is 2.47. The van der Waals surface area contributed by atoms with E-state index < -0.39 is 0 Å². The summed E-state index contributed by atoms with van der Waals surface area (Å²) >= 11 is 0. The molecule has 1 saturated carbocycles. The van der Waals surface area contributed by atoms with Crippen LogP contribution in [0.2, 0.25) is 0 Å². The van der Waals surface area contributed by atoms with Gasteiger partial charge in [0.2, 0.25) is 0 Å². The fourth-order valence-electron chi connectivity index (χ4n) is 3.39. The molecule has 1 heterocycles. The molecular weight excluding hydrogens is 234 g/mol. The van der Waals surface area contributed by atoms with Gasteiger partial charge in [0.1, 0.15) is 0 Å². The number of hydrogen-bond acceptors (Lipinski definition) is 1. The van der Waals surface area contributed by atoms with E-state index in [9.17, 15) is 0 Å². The van der Waals surface area contributed by atoms with Crippen molar-refractivity contribution in [1.82, 2.24) is 10.2 Å². The summed E-state index contributed by atoms with van der Waals surface area (Å²) in [5.41, 5.74) is 0.658. The first-order valence-electron chi connectivity index (χ1n) is 8.26. The molecule has 1 aliphatic heterocycles. The number of guanidine groups is 1. The SMILES string of the molecule is CCNC(=NCC(CC)CC)N1CCC2(CCC2)C1. The van der Waals surface area contributed by atoms with E-state index in [2.05, 4.69) is 31.0 Å². The van der Waals surface area contributed by atoms with Crippen LogP contribution in [0.25, 0.3) is 0 Å². The largest absolute Gasteiger partial charge is 0.357 e. The van der Waals surface area contributed by atoms with Gasteiger partial charge in [-0.05, 0) is 37.5 Å². The van der Waals surface area contributed by atoms with Crippen molar-refractivity contribution in [3.8, 4) is 0 Å². The molecule has 0 atom stereocenters. The molecule has 0 unspecified atom stereocenters. The molecule has 0 bridgehead atoms. The summed E-state index contributed by atoms with van der Waals surface area (Å²) in [4.78, 5) is 7.40. The zero-order chi connectivity index (χ0) is 13.7. The minimum absolute atomic E-state index is 0.658. The van der Waals surface area contributed by atoms with Gasteiger partial charge in [-0.2, -0.15) is 0 Å². The fourth-order valence-corrected chi connectivity index (χ4v) is 3.39. The molecule has 0 aromatic rings. The molecule has 1 N–H and O–H groups in total. The van der Waals surface area contributed by atoms with E-state index >= 15 is 0 Å². The van der Waals surface area contributed by atoms with Crippen LogP contribution in [0.4, 0.5) is 0 Å². The molecular formula is C16H31N3. The van der Waals surface area contributed by atoms with Crippen LogP contribution < -0.4 is 5.32 Å². The Morgan fingerprint density at radius 3 is 2.42 bits per heavy atom. The molecule has 3 nitrogen and oxygen atoms in total. The van der Waals surface area contributed by atoms with Crippen LogP contribution in [0.15, 0.2) is 4.99 Å². The zero-order valence-corrected chi connectivity index (χ0v) is 13.0. The quantitative estimate of drug-likeness (QED) is 0.610. The molecule has 110 valence electrons. The zero-order valence-electron chi connectivity index (χ0n) is 13.0. The number of likely N-dealkylation sites (tertiary alicyclic amines) is 1. The molecule has 1 spiro atoms. The van der Waals surface area contributed by atoms with E-state index in [1.54, 1.807) is 0 Å². The van der Waals surface area contributed by atoms with E-state index in [-0.39, 0.29) is 0 Å². The van der Waals surface area contributed by atoms with Crippen LogP contribution in [-0.4, -0.2) is 37.0 Å². The smallest absolute Gasteiger partial charge is 0.193 e. The molecule has 2 aliphatic rings. The van der Waals surface area contributed by atoms with Gasteiger partial charge < -0.3 is 10.2 Å². The third kappa shape index (κ3) is 3.43. The number of aliphatic imine (C=N–C) groups is 1. The van der Waals surface area contributed by atoms with Gasteiger partial charge >= 0.3 is 0 Å². The summed E-state index contributed by atoms with van der Waals surface area (Å²) in [5.74, 6) is 1.91. The molecule has 0 amide bonds. The fraction of sp³-hybridized carbons (Fsp3) is 0.938. The standard InChI is InChI=1S/C16H31N3/c1-4-14(5-2)12-18-15(17-6-3)19-11-10-16(13-19)8-7-9-16/h14H,4-13H2,1-3H3,(H,17,18). The monoisotopic (exact) mass is 265 g/mol. The van der Waals surface area contributed by atoms with Gasteiger partial charge in [0.15, 0.2) is 5.96 Å². The first kappa shape index (κ1) is 14.7. The Balaban J connectivity index is 1.93. The molecule has 1 aliphatic carbocycles. The summed E-state index contributed by atoms with van der Waals surface area (Å²) in [7, 11) is 0. The van der Waals surface area contributed by atoms with Gasteiger partial charge in [-0.3, -0.25) is 4.99 Å². The van der Waals surface area contributed by atoms with Crippen molar-refractivity contribution >= 4 is 5.96 Å². The van der Waals surface area contributed by atoms with Crippen molar-refractivity contribution < 1.29 is 0 Å². The maximum absolute atomic E-state index is 4.89. The van der Waals surface area contributed by atoms with Crippen LogP contribution in [0.5, 0.6) is 0 Å². The van der Waals surface area contributed by atoms with E-state index in [1.807, 2.05) is 0 Å². The summed E-state index contributed by atoms with van der Waals surface area (Å²) in [5, 5.41) is 3.49. The molecule has 19 heavy (non-hydrogen) atoms. The van der Waals surface area contributed by atoms with Crippen molar-refractivity contribution in [2.45, 2.75) is 59.3 Å². The Morgan fingerprint density at radius 1 is 1.21 bits per heavy atom. The van der Waals surface area contributed by atoms with Gasteiger partial charge in [-0.1, -0.05) is 33.1 Å². The highest BCUT2D eigenvalue weighted by atomic mass is 15.3. The maximum atomic E-state index is 4.89. The highest BCUT2D eigenvalue weighted by Gasteiger charge is 2.43. The Hall–Kier alpha value is -0.730.